The van der Waals surface area contributed by atoms with Crippen molar-refractivity contribution in [2.24, 2.45) is 5.92 Å². The quantitative estimate of drug-likeness (QED) is 0.762. The molecule has 6 nitrogen and oxygen atoms in total. The van der Waals surface area contributed by atoms with Gasteiger partial charge in [-0.3, -0.25) is 9.36 Å². The lowest BCUT2D eigenvalue weighted by molar-refractivity contribution is -0.121. The molecule has 0 bridgehead atoms. The van der Waals surface area contributed by atoms with E-state index in [0.717, 1.165) is 12.0 Å². The smallest absolute Gasteiger partial charge is 0.344 e. The fourth-order valence-corrected chi connectivity index (χ4v) is 4.21. The number of aromatic nitrogens is 3. The molecule has 26 heavy (non-hydrogen) atoms. The molecule has 0 spiro atoms. The summed E-state index contributed by atoms with van der Waals surface area (Å²) < 4.78 is 1.58. The van der Waals surface area contributed by atoms with E-state index in [1.165, 1.54) is 31.0 Å². The van der Waals surface area contributed by atoms with E-state index in [0.29, 0.717) is 17.6 Å². The summed E-state index contributed by atoms with van der Waals surface area (Å²) in [6, 6.07) is 10.0. The SMILES string of the molecule is C[C@H](Sc1n[nH]c(=O)n1Cc1ccccc1)C(=O)N[C@@H]1CCCC[C@H]1C. The van der Waals surface area contributed by atoms with Crippen molar-refractivity contribution >= 4 is 17.7 Å². The Hall–Kier alpha value is -2.02. The van der Waals surface area contributed by atoms with Crippen LogP contribution in [0, 0.1) is 5.92 Å². The van der Waals surface area contributed by atoms with Gasteiger partial charge in [-0.05, 0) is 31.2 Å². The minimum absolute atomic E-state index is 0.00969. The minimum atomic E-state index is -0.311. The van der Waals surface area contributed by atoms with Gasteiger partial charge in [0.1, 0.15) is 0 Å². The van der Waals surface area contributed by atoms with Crippen LogP contribution in [0.25, 0.3) is 0 Å². The van der Waals surface area contributed by atoms with Crippen LogP contribution in [-0.2, 0) is 11.3 Å². The van der Waals surface area contributed by atoms with Crippen LogP contribution < -0.4 is 11.0 Å². The molecule has 140 valence electrons. The number of carbonyl (C=O) groups is 1. The lowest BCUT2D eigenvalue weighted by Crippen LogP contribution is -2.44. The third kappa shape index (κ3) is 4.58. The third-order valence-corrected chi connectivity index (χ3v) is 6.09. The fourth-order valence-electron chi connectivity index (χ4n) is 3.34. The number of nitrogens with one attached hydrogen (secondary N) is 2. The van der Waals surface area contributed by atoms with Gasteiger partial charge in [-0.2, -0.15) is 0 Å². The molecular formula is C19H26N4O2S. The Morgan fingerprint density at radius 2 is 2.08 bits per heavy atom. The molecular weight excluding hydrogens is 348 g/mol. The first-order chi connectivity index (χ1) is 12.5. The van der Waals surface area contributed by atoms with Crippen LogP contribution >= 0.6 is 11.8 Å². The molecule has 0 aliphatic heterocycles. The molecule has 1 aliphatic carbocycles. The zero-order valence-corrected chi connectivity index (χ0v) is 16.1. The topological polar surface area (TPSA) is 79.8 Å². The predicted molar refractivity (Wildman–Crippen MR) is 103 cm³/mol. The molecule has 3 rings (SSSR count). The number of amides is 1. The van der Waals surface area contributed by atoms with Crippen molar-refractivity contribution in [2.75, 3.05) is 0 Å². The molecule has 0 saturated heterocycles. The van der Waals surface area contributed by atoms with Crippen molar-refractivity contribution in [2.45, 2.75) is 62.5 Å². The standard InChI is InChI=1S/C19H26N4O2S/c1-13-8-6-7-11-16(13)20-17(24)14(2)26-19-22-21-18(25)23(19)12-15-9-4-3-5-10-15/h3-5,9-10,13-14,16H,6-8,11-12H2,1-2H3,(H,20,24)(H,21,25)/t13-,14+,16-/m1/s1. The Labute approximate surface area is 157 Å². The highest BCUT2D eigenvalue weighted by molar-refractivity contribution is 8.00. The Morgan fingerprint density at radius 3 is 2.81 bits per heavy atom. The number of thioether (sulfide) groups is 1. The zero-order chi connectivity index (χ0) is 18.5. The maximum atomic E-state index is 12.6. The molecule has 1 fully saturated rings. The van der Waals surface area contributed by atoms with Gasteiger partial charge in [-0.1, -0.05) is 61.9 Å². The summed E-state index contributed by atoms with van der Waals surface area (Å²) in [5.41, 5.74) is 0.760. The van der Waals surface area contributed by atoms with E-state index >= 15 is 0 Å². The highest BCUT2D eigenvalue weighted by Gasteiger charge is 2.26. The number of aromatic amines is 1. The maximum absolute atomic E-state index is 12.6. The number of benzene rings is 1. The highest BCUT2D eigenvalue weighted by atomic mass is 32.2. The van der Waals surface area contributed by atoms with Gasteiger partial charge in [0.05, 0.1) is 11.8 Å². The number of hydrogen-bond donors (Lipinski definition) is 2. The molecule has 1 amide bonds. The summed E-state index contributed by atoms with van der Waals surface area (Å²) in [6.07, 6.45) is 4.64. The van der Waals surface area contributed by atoms with E-state index in [-0.39, 0.29) is 22.9 Å². The number of hydrogen-bond acceptors (Lipinski definition) is 4. The molecule has 1 saturated carbocycles. The molecule has 3 atom stereocenters. The van der Waals surface area contributed by atoms with Crippen LogP contribution in [0.15, 0.2) is 40.3 Å². The van der Waals surface area contributed by atoms with Gasteiger partial charge in [0.2, 0.25) is 5.91 Å². The average molecular weight is 375 g/mol. The highest BCUT2D eigenvalue weighted by Crippen LogP contribution is 2.25. The van der Waals surface area contributed by atoms with E-state index in [2.05, 4.69) is 22.4 Å². The van der Waals surface area contributed by atoms with Gasteiger partial charge in [-0.25, -0.2) is 9.89 Å². The second kappa shape index (κ2) is 8.58. The molecule has 2 aromatic rings. The number of rotatable bonds is 6. The van der Waals surface area contributed by atoms with Crippen molar-refractivity contribution in [1.29, 1.82) is 0 Å². The maximum Gasteiger partial charge on any atom is 0.344 e. The van der Waals surface area contributed by atoms with E-state index in [1.54, 1.807) is 4.57 Å². The van der Waals surface area contributed by atoms with Crippen LogP contribution in [0.3, 0.4) is 0 Å². The predicted octanol–water partition coefficient (Wildman–Crippen LogP) is 2.80. The van der Waals surface area contributed by atoms with Gasteiger partial charge >= 0.3 is 5.69 Å². The Kier molecular flexibility index (Phi) is 6.19. The van der Waals surface area contributed by atoms with E-state index in [1.807, 2.05) is 37.3 Å². The normalized spacial score (nSPS) is 21.3. The molecule has 1 heterocycles. The summed E-state index contributed by atoms with van der Waals surface area (Å²) in [5, 5.41) is 10.0. The second-order valence-corrected chi connectivity index (χ2v) is 8.33. The van der Waals surface area contributed by atoms with Crippen LogP contribution in [0.4, 0.5) is 0 Å². The summed E-state index contributed by atoms with van der Waals surface area (Å²) in [7, 11) is 0. The first-order valence-corrected chi connectivity index (χ1v) is 10.1. The number of carbonyl (C=O) groups excluding carboxylic acids is 1. The van der Waals surface area contributed by atoms with Gasteiger partial charge in [0, 0.05) is 6.04 Å². The monoisotopic (exact) mass is 374 g/mol. The van der Waals surface area contributed by atoms with E-state index in [9.17, 15) is 9.59 Å². The molecule has 7 heteroatoms. The third-order valence-electron chi connectivity index (χ3n) is 5.00. The first-order valence-electron chi connectivity index (χ1n) is 9.20. The average Bonchev–Trinajstić information content (AvgIpc) is 2.98. The van der Waals surface area contributed by atoms with E-state index < -0.39 is 0 Å². The Balaban J connectivity index is 1.64. The Bertz CT molecular complexity index is 786. The van der Waals surface area contributed by atoms with Crippen LogP contribution in [0.2, 0.25) is 0 Å². The van der Waals surface area contributed by atoms with Gasteiger partial charge < -0.3 is 5.32 Å². The van der Waals surface area contributed by atoms with Crippen molar-refractivity contribution in [3.8, 4) is 0 Å². The molecule has 1 aromatic carbocycles. The van der Waals surface area contributed by atoms with Crippen molar-refractivity contribution in [3.63, 3.8) is 0 Å². The van der Waals surface area contributed by atoms with Crippen LogP contribution in [0.1, 0.15) is 45.1 Å². The minimum Gasteiger partial charge on any atom is -0.352 e. The summed E-state index contributed by atoms with van der Waals surface area (Å²) in [6.45, 7) is 4.50. The molecule has 0 unspecified atom stereocenters. The van der Waals surface area contributed by atoms with Gasteiger partial charge in [0.15, 0.2) is 5.16 Å². The fraction of sp³-hybridized carbons (Fsp3) is 0.526. The van der Waals surface area contributed by atoms with Crippen LogP contribution in [-0.4, -0.2) is 32.0 Å². The van der Waals surface area contributed by atoms with Crippen LogP contribution in [0.5, 0.6) is 0 Å². The largest absolute Gasteiger partial charge is 0.352 e. The summed E-state index contributed by atoms with van der Waals surface area (Å²) in [4.78, 5) is 24.7. The number of nitrogens with zero attached hydrogens (tertiary/aromatic N) is 2. The Morgan fingerprint density at radius 1 is 1.35 bits per heavy atom. The van der Waals surface area contributed by atoms with Gasteiger partial charge in [-0.15, -0.1) is 5.10 Å². The first kappa shape index (κ1) is 18.8. The molecule has 1 aliphatic rings. The van der Waals surface area contributed by atoms with E-state index in [4.69, 9.17) is 0 Å². The summed E-state index contributed by atoms with van der Waals surface area (Å²) >= 11 is 1.32. The number of H-pyrrole nitrogens is 1. The van der Waals surface area contributed by atoms with Gasteiger partial charge in [0.25, 0.3) is 0 Å². The van der Waals surface area contributed by atoms with Crippen molar-refractivity contribution in [1.82, 2.24) is 20.1 Å². The van der Waals surface area contributed by atoms with Crippen molar-refractivity contribution in [3.05, 3.63) is 46.4 Å². The molecule has 1 aromatic heterocycles. The lowest BCUT2D eigenvalue weighted by Gasteiger charge is -2.30. The molecule has 2 N–H and O–H groups in total. The zero-order valence-electron chi connectivity index (χ0n) is 15.3. The van der Waals surface area contributed by atoms with Crippen molar-refractivity contribution < 1.29 is 4.79 Å². The molecule has 0 radical (unpaired) electrons. The second-order valence-electron chi connectivity index (χ2n) is 7.02. The summed E-state index contributed by atoms with van der Waals surface area (Å²) in [5.74, 6) is 0.530. The lowest BCUT2D eigenvalue weighted by atomic mass is 9.86.